The van der Waals surface area contributed by atoms with Crippen LogP contribution in [0.2, 0.25) is 0 Å². The van der Waals surface area contributed by atoms with Gasteiger partial charge in [-0.05, 0) is 23.0 Å². The van der Waals surface area contributed by atoms with Gasteiger partial charge in [0.2, 0.25) is 0 Å². The van der Waals surface area contributed by atoms with Crippen molar-refractivity contribution in [2.75, 3.05) is 7.11 Å². The Balaban J connectivity index is 3.73. The minimum Gasteiger partial charge on any atom is -0.507 e. The van der Waals surface area contributed by atoms with Gasteiger partial charge in [0, 0.05) is 18.2 Å². The van der Waals surface area contributed by atoms with E-state index in [2.05, 4.69) is 0 Å². The van der Waals surface area contributed by atoms with Gasteiger partial charge in [0.15, 0.2) is 0 Å². The van der Waals surface area contributed by atoms with Crippen LogP contribution >= 0.6 is 7.60 Å². The third-order valence-corrected chi connectivity index (χ3v) is 4.69. The Morgan fingerprint density at radius 1 is 1.00 bits per heavy atom. The van der Waals surface area contributed by atoms with Crippen LogP contribution in [0.5, 0.6) is 5.75 Å². The van der Waals surface area contributed by atoms with E-state index in [0.717, 1.165) is 0 Å². The maximum atomic E-state index is 12.1. The van der Waals surface area contributed by atoms with E-state index in [1.54, 1.807) is 12.1 Å². The number of phenolic OH excluding ortho intramolecular Hbond substituents is 1. The zero-order valence-electron chi connectivity index (χ0n) is 13.3. The highest BCUT2D eigenvalue weighted by Gasteiger charge is 2.31. The van der Waals surface area contributed by atoms with Crippen molar-refractivity contribution in [2.45, 2.75) is 52.4 Å². The molecule has 0 amide bonds. The summed E-state index contributed by atoms with van der Waals surface area (Å²) in [4.78, 5) is 9.92. The summed E-state index contributed by atoms with van der Waals surface area (Å²) >= 11 is 0. The maximum Gasteiger partial charge on any atom is 0.358 e. The van der Waals surface area contributed by atoms with Crippen LogP contribution in [-0.2, 0) is 19.9 Å². The molecule has 0 aliphatic rings. The summed E-state index contributed by atoms with van der Waals surface area (Å²) in [6, 6.07) is 3.13. The Morgan fingerprint density at radius 3 is 1.60 bits per heavy atom. The van der Waals surface area contributed by atoms with Crippen molar-refractivity contribution in [3.8, 4) is 5.75 Å². The summed E-state index contributed by atoms with van der Waals surface area (Å²) in [5.41, 5.74) is 0.610. The lowest BCUT2D eigenvalue weighted by Crippen LogP contribution is -2.21. The molecule has 0 spiro atoms. The first-order valence-electron chi connectivity index (χ1n) is 6.58. The van der Waals surface area contributed by atoms with Gasteiger partial charge >= 0.3 is 7.60 Å². The van der Waals surface area contributed by atoms with Crippen LogP contribution in [0.15, 0.2) is 12.1 Å². The summed E-state index contributed by atoms with van der Waals surface area (Å²) in [5.74, 6) is 0.185. The molecular weight excluding hydrogens is 275 g/mol. The smallest absolute Gasteiger partial charge is 0.358 e. The minimum atomic E-state index is -3.85. The number of hydrogen-bond donors (Lipinski definition) is 2. The fraction of sp³-hybridized carbons (Fsp3) is 0.600. The highest BCUT2D eigenvalue weighted by atomic mass is 31.2. The van der Waals surface area contributed by atoms with Gasteiger partial charge in [0.25, 0.3) is 0 Å². The normalized spacial score (nSPS) is 16.0. The highest BCUT2D eigenvalue weighted by Crippen LogP contribution is 2.45. The van der Waals surface area contributed by atoms with Gasteiger partial charge < -0.3 is 14.5 Å². The quantitative estimate of drug-likeness (QED) is 0.821. The van der Waals surface area contributed by atoms with E-state index in [9.17, 15) is 14.6 Å². The molecule has 114 valence electrons. The Hall–Kier alpha value is -0.830. The van der Waals surface area contributed by atoms with Crippen molar-refractivity contribution in [1.82, 2.24) is 0 Å². The monoisotopic (exact) mass is 300 g/mol. The van der Waals surface area contributed by atoms with Crippen LogP contribution in [0, 0.1) is 0 Å². The van der Waals surface area contributed by atoms with Gasteiger partial charge in [-0.15, -0.1) is 0 Å². The summed E-state index contributed by atoms with van der Waals surface area (Å²) in [6.07, 6.45) is 0. The number of rotatable bonds is 2. The number of hydrogen-bond acceptors (Lipinski definition) is 3. The summed E-state index contributed by atoms with van der Waals surface area (Å²) < 4.78 is 16.8. The molecule has 1 atom stereocenters. The van der Waals surface area contributed by atoms with Gasteiger partial charge in [0.05, 0.1) is 5.30 Å². The molecule has 0 fully saturated rings. The summed E-state index contributed by atoms with van der Waals surface area (Å²) in [5, 5.41) is 10.7. The third kappa shape index (κ3) is 3.43. The molecule has 5 heteroatoms. The molecule has 4 nitrogen and oxygen atoms in total. The van der Waals surface area contributed by atoms with Crippen molar-refractivity contribution in [3.05, 3.63) is 23.3 Å². The van der Waals surface area contributed by atoms with Crippen molar-refractivity contribution in [2.24, 2.45) is 0 Å². The fourth-order valence-corrected chi connectivity index (χ4v) is 2.83. The highest BCUT2D eigenvalue weighted by molar-refractivity contribution is 7.61. The Morgan fingerprint density at radius 2 is 1.35 bits per heavy atom. The molecule has 0 saturated heterocycles. The van der Waals surface area contributed by atoms with Crippen LogP contribution in [0.25, 0.3) is 0 Å². The molecule has 20 heavy (non-hydrogen) atoms. The number of phenols is 1. The largest absolute Gasteiger partial charge is 0.507 e. The first kappa shape index (κ1) is 17.2. The molecule has 0 heterocycles. The molecule has 0 aliphatic carbocycles. The van der Waals surface area contributed by atoms with E-state index in [0.29, 0.717) is 11.1 Å². The molecule has 0 bridgehead atoms. The average molecular weight is 300 g/mol. The number of benzene rings is 1. The van der Waals surface area contributed by atoms with Gasteiger partial charge in [0.1, 0.15) is 5.75 Å². The standard InChI is InChI=1S/C15H25O4P/c1-14(2,3)11-8-10(20(17,18)19-7)9-12(13(11)16)15(4,5)6/h8-9,16H,1-7H3,(H,17,18). The molecule has 1 aromatic rings. The SMILES string of the molecule is COP(=O)(O)c1cc(C(C)(C)C)c(O)c(C(C)(C)C)c1. The lowest BCUT2D eigenvalue weighted by Gasteiger charge is -2.28. The number of aromatic hydroxyl groups is 1. The van der Waals surface area contributed by atoms with E-state index < -0.39 is 7.60 Å². The Bertz CT molecular complexity index is 515. The zero-order chi connectivity index (χ0) is 15.9. The maximum absolute atomic E-state index is 12.1. The predicted octanol–water partition coefficient (Wildman–Crippen LogP) is 3.44. The molecule has 1 rings (SSSR count). The molecule has 1 aromatic carbocycles. The zero-order valence-corrected chi connectivity index (χ0v) is 14.2. The van der Waals surface area contributed by atoms with E-state index in [-0.39, 0.29) is 21.9 Å². The summed E-state index contributed by atoms with van der Waals surface area (Å²) in [7, 11) is -2.64. The van der Waals surface area contributed by atoms with Crippen LogP contribution < -0.4 is 5.30 Å². The first-order valence-corrected chi connectivity index (χ1v) is 8.15. The molecule has 2 N–H and O–H groups in total. The van der Waals surface area contributed by atoms with Gasteiger partial charge in [-0.1, -0.05) is 41.5 Å². The lowest BCUT2D eigenvalue weighted by atomic mass is 9.79. The van der Waals surface area contributed by atoms with Crippen LogP contribution in [0.1, 0.15) is 52.7 Å². The first-order chi connectivity index (χ1) is 8.80. The second-order valence-corrected chi connectivity index (χ2v) is 9.01. The Labute approximate surface area is 121 Å². The molecule has 0 aromatic heterocycles. The molecule has 0 saturated carbocycles. The fourth-order valence-electron chi connectivity index (χ4n) is 2.03. The second kappa shape index (κ2) is 5.18. The van der Waals surface area contributed by atoms with Crippen molar-refractivity contribution >= 4 is 12.9 Å². The van der Waals surface area contributed by atoms with E-state index >= 15 is 0 Å². The van der Waals surface area contributed by atoms with E-state index in [1.807, 2.05) is 41.5 Å². The van der Waals surface area contributed by atoms with E-state index in [4.69, 9.17) is 4.52 Å². The van der Waals surface area contributed by atoms with Crippen molar-refractivity contribution < 1.29 is 19.1 Å². The molecule has 0 radical (unpaired) electrons. The van der Waals surface area contributed by atoms with Gasteiger partial charge in [-0.3, -0.25) is 4.57 Å². The second-order valence-electron chi connectivity index (χ2n) is 7.09. The molecular formula is C15H25O4P. The van der Waals surface area contributed by atoms with Crippen molar-refractivity contribution in [1.29, 1.82) is 0 Å². The summed E-state index contributed by atoms with van der Waals surface area (Å²) in [6.45, 7) is 11.7. The molecule has 1 unspecified atom stereocenters. The molecule has 0 aliphatic heterocycles. The average Bonchev–Trinajstić information content (AvgIpc) is 2.25. The van der Waals surface area contributed by atoms with Crippen LogP contribution in [-0.4, -0.2) is 17.1 Å². The van der Waals surface area contributed by atoms with Gasteiger partial charge in [-0.25, -0.2) is 0 Å². The topological polar surface area (TPSA) is 66.8 Å². The minimum absolute atomic E-state index is 0.185. The lowest BCUT2D eigenvalue weighted by molar-refractivity contribution is 0.328. The van der Waals surface area contributed by atoms with Crippen LogP contribution in [0.3, 0.4) is 0 Å². The van der Waals surface area contributed by atoms with Crippen LogP contribution in [0.4, 0.5) is 0 Å². The van der Waals surface area contributed by atoms with Crippen molar-refractivity contribution in [3.63, 3.8) is 0 Å². The third-order valence-electron chi connectivity index (χ3n) is 3.28. The Kier molecular flexibility index (Phi) is 4.46. The van der Waals surface area contributed by atoms with E-state index in [1.165, 1.54) is 7.11 Å². The van der Waals surface area contributed by atoms with Gasteiger partial charge in [-0.2, -0.15) is 0 Å². The predicted molar refractivity (Wildman–Crippen MR) is 82.0 cm³/mol.